The van der Waals surface area contributed by atoms with Crippen LogP contribution < -0.4 is 5.32 Å². The molecular formula is C26H24N4O4. The molecule has 1 aliphatic heterocycles. The maximum atomic E-state index is 12.7. The number of rotatable bonds is 5. The summed E-state index contributed by atoms with van der Waals surface area (Å²) in [6, 6.07) is 16.7. The molecule has 8 nitrogen and oxygen atoms in total. The van der Waals surface area contributed by atoms with Gasteiger partial charge in [0, 0.05) is 35.8 Å². The molecule has 0 saturated carbocycles. The Labute approximate surface area is 196 Å². The maximum Gasteiger partial charge on any atom is 0.257 e. The minimum absolute atomic E-state index is 0.0217. The average Bonchev–Trinajstić information content (AvgIpc) is 3.57. The highest BCUT2D eigenvalue weighted by Crippen LogP contribution is 2.25. The van der Waals surface area contributed by atoms with Crippen molar-refractivity contribution in [1.82, 2.24) is 20.4 Å². The van der Waals surface area contributed by atoms with E-state index in [1.165, 1.54) is 12.5 Å². The highest BCUT2D eigenvalue weighted by Gasteiger charge is 2.25. The van der Waals surface area contributed by atoms with Gasteiger partial charge in [0.25, 0.3) is 11.8 Å². The normalized spacial score (nSPS) is 14.2. The Morgan fingerprint density at radius 2 is 1.68 bits per heavy atom. The molecule has 0 spiro atoms. The van der Waals surface area contributed by atoms with Gasteiger partial charge in [0.2, 0.25) is 11.8 Å². The van der Waals surface area contributed by atoms with E-state index < -0.39 is 0 Å². The summed E-state index contributed by atoms with van der Waals surface area (Å²) in [5.41, 5.74) is 3.83. The zero-order chi connectivity index (χ0) is 23.5. The van der Waals surface area contributed by atoms with Gasteiger partial charge in [-0.1, -0.05) is 17.7 Å². The quantitative estimate of drug-likeness (QED) is 0.479. The van der Waals surface area contributed by atoms with Crippen LogP contribution in [0.2, 0.25) is 0 Å². The lowest BCUT2D eigenvalue weighted by atomic mass is 10.0. The second-order valence-electron chi connectivity index (χ2n) is 8.41. The van der Waals surface area contributed by atoms with Gasteiger partial charge in [0.15, 0.2) is 0 Å². The summed E-state index contributed by atoms with van der Waals surface area (Å²) in [6.45, 7) is 3.19. The SMILES string of the molecule is Cc1cccc(-c2nnc(-c3ccc(C(=O)NC4CCN(C(=O)c5ccoc5)CC4)cc3)o2)c1. The number of carbonyl (C=O) groups is 2. The van der Waals surface area contributed by atoms with Gasteiger partial charge in [-0.2, -0.15) is 0 Å². The largest absolute Gasteiger partial charge is 0.472 e. The topological polar surface area (TPSA) is 101 Å². The maximum absolute atomic E-state index is 12.7. The summed E-state index contributed by atoms with van der Waals surface area (Å²) in [5.74, 6) is 0.675. The minimum Gasteiger partial charge on any atom is -0.472 e. The monoisotopic (exact) mass is 456 g/mol. The van der Waals surface area contributed by atoms with Crippen LogP contribution in [0.5, 0.6) is 0 Å². The van der Waals surface area contributed by atoms with E-state index in [9.17, 15) is 9.59 Å². The number of hydrogen-bond acceptors (Lipinski definition) is 6. The molecule has 34 heavy (non-hydrogen) atoms. The van der Waals surface area contributed by atoms with Crippen LogP contribution in [0.3, 0.4) is 0 Å². The second-order valence-corrected chi connectivity index (χ2v) is 8.41. The Balaban J connectivity index is 1.18. The molecule has 0 bridgehead atoms. The van der Waals surface area contributed by atoms with E-state index in [4.69, 9.17) is 8.83 Å². The standard InChI is InChI=1S/C26H24N4O4/c1-17-3-2-4-20(15-17)25-29-28-24(34-25)19-7-5-18(6-8-19)23(31)27-22-9-12-30(13-10-22)26(32)21-11-14-33-16-21/h2-8,11,14-16,22H,9-10,12-13H2,1H3,(H,27,31). The van der Waals surface area contributed by atoms with E-state index in [1.54, 1.807) is 35.2 Å². The number of nitrogens with one attached hydrogen (secondary N) is 1. The molecule has 0 aliphatic carbocycles. The molecule has 2 aromatic heterocycles. The van der Waals surface area contributed by atoms with Crippen LogP contribution in [0, 0.1) is 6.92 Å². The molecule has 0 unspecified atom stereocenters. The number of amides is 2. The van der Waals surface area contributed by atoms with Crippen molar-refractivity contribution in [1.29, 1.82) is 0 Å². The smallest absolute Gasteiger partial charge is 0.257 e. The van der Waals surface area contributed by atoms with E-state index in [-0.39, 0.29) is 17.9 Å². The molecule has 4 aromatic rings. The van der Waals surface area contributed by atoms with Crippen LogP contribution in [-0.2, 0) is 0 Å². The minimum atomic E-state index is -0.142. The first kappa shape index (κ1) is 21.6. The van der Waals surface area contributed by atoms with Crippen molar-refractivity contribution in [3.63, 3.8) is 0 Å². The molecule has 1 aliphatic rings. The van der Waals surface area contributed by atoms with Crippen molar-refractivity contribution in [2.24, 2.45) is 0 Å². The molecule has 0 radical (unpaired) electrons. The average molecular weight is 457 g/mol. The lowest BCUT2D eigenvalue weighted by Crippen LogP contribution is -2.46. The summed E-state index contributed by atoms with van der Waals surface area (Å²) >= 11 is 0. The van der Waals surface area contributed by atoms with Crippen molar-refractivity contribution in [2.45, 2.75) is 25.8 Å². The Bertz CT molecular complexity index is 1290. The Kier molecular flexibility index (Phi) is 5.95. The van der Waals surface area contributed by atoms with Gasteiger partial charge >= 0.3 is 0 Å². The zero-order valence-electron chi connectivity index (χ0n) is 18.7. The van der Waals surface area contributed by atoms with Crippen LogP contribution in [0.25, 0.3) is 22.9 Å². The molecule has 1 N–H and O–H groups in total. The number of hydrogen-bond donors (Lipinski definition) is 1. The lowest BCUT2D eigenvalue weighted by Gasteiger charge is -2.32. The van der Waals surface area contributed by atoms with E-state index in [1.807, 2.05) is 31.2 Å². The third-order valence-corrected chi connectivity index (χ3v) is 5.97. The van der Waals surface area contributed by atoms with Crippen molar-refractivity contribution in [3.8, 4) is 22.9 Å². The van der Waals surface area contributed by atoms with Gasteiger partial charge in [-0.3, -0.25) is 9.59 Å². The van der Waals surface area contributed by atoms with Gasteiger partial charge in [-0.05, 0) is 62.2 Å². The highest BCUT2D eigenvalue weighted by atomic mass is 16.4. The predicted molar refractivity (Wildman–Crippen MR) is 125 cm³/mol. The number of carbonyl (C=O) groups excluding carboxylic acids is 2. The fourth-order valence-electron chi connectivity index (χ4n) is 4.06. The third-order valence-electron chi connectivity index (χ3n) is 5.97. The van der Waals surface area contributed by atoms with E-state index in [2.05, 4.69) is 15.5 Å². The predicted octanol–water partition coefficient (Wildman–Crippen LogP) is 4.34. The van der Waals surface area contributed by atoms with Crippen LogP contribution in [0.15, 0.2) is 76.0 Å². The molecule has 0 atom stereocenters. The van der Waals surface area contributed by atoms with Crippen molar-refractivity contribution < 1.29 is 18.4 Å². The van der Waals surface area contributed by atoms with Gasteiger partial charge in [-0.15, -0.1) is 10.2 Å². The lowest BCUT2D eigenvalue weighted by molar-refractivity contribution is 0.0697. The molecule has 2 amide bonds. The first-order valence-corrected chi connectivity index (χ1v) is 11.2. The highest BCUT2D eigenvalue weighted by molar-refractivity contribution is 5.95. The number of likely N-dealkylation sites (tertiary alicyclic amines) is 1. The Hall–Kier alpha value is -4.20. The summed E-state index contributed by atoms with van der Waals surface area (Å²) in [5, 5.41) is 11.4. The number of furan rings is 1. The summed E-state index contributed by atoms with van der Waals surface area (Å²) < 4.78 is 10.8. The van der Waals surface area contributed by atoms with Crippen molar-refractivity contribution >= 4 is 11.8 Å². The number of aromatic nitrogens is 2. The van der Waals surface area contributed by atoms with Crippen LogP contribution in [-0.4, -0.2) is 46.0 Å². The summed E-state index contributed by atoms with van der Waals surface area (Å²) in [7, 11) is 0. The van der Waals surface area contributed by atoms with Crippen molar-refractivity contribution in [3.05, 3.63) is 83.8 Å². The van der Waals surface area contributed by atoms with Crippen LogP contribution in [0.4, 0.5) is 0 Å². The fraction of sp³-hybridized carbons (Fsp3) is 0.231. The van der Waals surface area contributed by atoms with Gasteiger partial charge in [0.1, 0.15) is 6.26 Å². The van der Waals surface area contributed by atoms with Crippen LogP contribution >= 0.6 is 0 Å². The van der Waals surface area contributed by atoms with Crippen LogP contribution in [0.1, 0.15) is 39.1 Å². The first-order valence-electron chi connectivity index (χ1n) is 11.2. The molecule has 1 saturated heterocycles. The Morgan fingerprint density at radius 3 is 2.35 bits per heavy atom. The van der Waals surface area contributed by atoms with E-state index >= 15 is 0 Å². The third kappa shape index (κ3) is 4.61. The van der Waals surface area contributed by atoms with E-state index in [0.717, 1.165) is 16.7 Å². The molecule has 2 aromatic carbocycles. The molecular weight excluding hydrogens is 432 g/mol. The molecule has 5 rings (SSSR count). The van der Waals surface area contributed by atoms with Gasteiger partial charge in [0.05, 0.1) is 11.8 Å². The fourth-order valence-corrected chi connectivity index (χ4v) is 4.06. The number of nitrogens with zero attached hydrogens (tertiary/aromatic N) is 3. The second kappa shape index (κ2) is 9.35. The van der Waals surface area contributed by atoms with Gasteiger partial charge < -0.3 is 19.1 Å². The number of aryl methyl sites for hydroxylation is 1. The van der Waals surface area contributed by atoms with Crippen molar-refractivity contribution in [2.75, 3.05) is 13.1 Å². The summed E-state index contributed by atoms with van der Waals surface area (Å²) in [6.07, 6.45) is 4.36. The molecule has 172 valence electrons. The first-order chi connectivity index (χ1) is 16.6. The number of piperidine rings is 1. The van der Waals surface area contributed by atoms with Gasteiger partial charge in [-0.25, -0.2) is 0 Å². The zero-order valence-corrected chi connectivity index (χ0v) is 18.7. The molecule has 8 heteroatoms. The number of benzene rings is 2. The molecule has 1 fully saturated rings. The Morgan fingerprint density at radius 1 is 0.941 bits per heavy atom. The molecule has 3 heterocycles. The summed E-state index contributed by atoms with van der Waals surface area (Å²) in [4.78, 5) is 26.9. The van der Waals surface area contributed by atoms with E-state index in [0.29, 0.717) is 48.8 Å².